The number of hydrogen-bond donors (Lipinski definition) is 0. The van der Waals surface area contributed by atoms with Gasteiger partial charge in [0.25, 0.3) is 0 Å². The number of anilines is 2. The molecular formula is C20H26N4O3. The SMILES string of the molecule is COc1ccc(C2CCCN2c2nccc(N3CCOCC3)n2)c(OC)c1. The van der Waals surface area contributed by atoms with E-state index in [1.54, 1.807) is 14.2 Å². The lowest BCUT2D eigenvalue weighted by atomic mass is 10.0. The summed E-state index contributed by atoms with van der Waals surface area (Å²) >= 11 is 0. The van der Waals surface area contributed by atoms with E-state index >= 15 is 0 Å². The molecule has 2 aliphatic heterocycles. The maximum Gasteiger partial charge on any atom is 0.227 e. The molecule has 1 aromatic carbocycles. The molecule has 0 spiro atoms. The molecule has 2 aliphatic rings. The van der Waals surface area contributed by atoms with Gasteiger partial charge in [-0.05, 0) is 31.0 Å². The van der Waals surface area contributed by atoms with Gasteiger partial charge >= 0.3 is 0 Å². The van der Waals surface area contributed by atoms with Crippen LogP contribution >= 0.6 is 0 Å². The van der Waals surface area contributed by atoms with Crippen molar-refractivity contribution in [3.8, 4) is 11.5 Å². The van der Waals surface area contributed by atoms with Crippen LogP contribution in [0, 0.1) is 0 Å². The third-order valence-electron chi connectivity index (χ3n) is 5.27. The van der Waals surface area contributed by atoms with Gasteiger partial charge < -0.3 is 24.0 Å². The second kappa shape index (κ2) is 8.00. The van der Waals surface area contributed by atoms with E-state index in [0.29, 0.717) is 0 Å². The molecule has 0 amide bonds. The predicted octanol–water partition coefficient (Wildman–Crippen LogP) is 2.67. The maximum absolute atomic E-state index is 5.63. The van der Waals surface area contributed by atoms with E-state index in [1.165, 1.54) is 0 Å². The minimum absolute atomic E-state index is 0.200. The zero-order valence-corrected chi connectivity index (χ0v) is 15.9. The fourth-order valence-corrected chi connectivity index (χ4v) is 3.87. The number of ether oxygens (including phenoxy) is 3. The number of nitrogens with zero attached hydrogens (tertiary/aromatic N) is 4. The molecular weight excluding hydrogens is 344 g/mol. The van der Waals surface area contributed by atoms with E-state index in [0.717, 1.165) is 74.5 Å². The van der Waals surface area contributed by atoms with Crippen molar-refractivity contribution in [2.75, 3.05) is 56.9 Å². The molecule has 0 saturated carbocycles. The van der Waals surface area contributed by atoms with E-state index < -0.39 is 0 Å². The van der Waals surface area contributed by atoms with Crippen LogP contribution in [0.15, 0.2) is 30.5 Å². The molecule has 7 nitrogen and oxygen atoms in total. The second-order valence-corrected chi connectivity index (χ2v) is 6.77. The lowest BCUT2D eigenvalue weighted by Crippen LogP contribution is -2.37. The van der Waals surface area contributed by atoms with Crippen molar-refractivity contribution in [2.24, 2.45) is 0 Å². The van der Waals surface area contributed by atoms with Crippen LogP contribution in [0.2, 0.25) is 0 Å². The minimum atomic E-state index is 0.200. The van der Waals surface area contributed by atoms with E-state index in [4.69, 9.17) is 19.2 Å². The molecule has 4 rings (SSSR count). The van der Waals surface area contributed by atoms with Crippen LogP contribution in [-0.2, 0) is 4.74 Å². The molecule has 1 unspecified atom stereocenters. The molecule has 3 heterocycles. The van der Waals surface area contributed by atoms with Crippen LogP contribution in [0.4, 0.5) is 11.8 Å². The average Bonchev–Trinajstić information content (AvgIpc) is 3.23. The number of hydrogen-bond acceptors (Lipinski definition) is 7. The van der Waals surface area contributed by atoms with Gasteiger partial charge in [0.05, 0.1) is 33.5 Å². The van der Waals surface area contributed by atoms with E-state index in [1.807, 2.05) is 24.4 Å². The first-order valence-electron chi connectivity index (χ1n) is 9.44. The summed E-state index contributed by atoms with van der Waals surface area (Å²) in [6.45, 7) is 4.16. The molecule has 27 heavy (non-hydrogen) atoms. The Morgan fingerprint density at radius 3 is 2.70 bits per heavy atom. The van der Waals surface area contributed by atoms with Crippen LogP contribution in [-0.4, -0.2) is 57.0 Å². The predicted molar refractivity (Wildman–Crippen MR) is 104 cm³/mol. The molecule has 1 atom stereocenters. The van der Waals surface area contributed by atoms with Crippen molar-refractivity contribution >= 4 is 11.8 Å². The van der Waals surface area contributed by atoms with Crippen molar-refractivity contribution in [3.05, 3.63) is 36.0 Å². The molecule has 2 fully saturated rings. The third-order valence-corrected chi connectivity index (χ3v) is 5.27. The van der Waals surface area contributed by atoms with Gasteiger partial charge in [-0.3, -0.25) is 0 Å². The third kappa shape index (κ3) is 3.64. The van der Waals surface area contributed by atoms with Gasteiger partial charge in [0.2, 0.25) is 5.95 Å². The number of rotatable bonds is 5. The summed E-state index contributed by atoms with van der Waals surface area (Å²) in [5.74, 6) is 3.39. The Balaban J connectivity index is 1.62. The zero-order chi connectivity index (χ0) is 18.6. The van der Waals surface area contributed by atoms with Crippen LogP contribution < -0.4 is 19.3 Å². The molecule has 2 aromatic rings. The molecule has 1 aromatic heterocycles. The van der Waals surface area contributed by atoms with Crippen molar-refractivity contribution in [1.82, 2.24) is 9.97 Å². The first-order valence-corrected chi connectivity index (χ1v) is 9.44. The fraction of sp³-hybridized carbons (Fsp3) is 0.500. The summed E-state index contributed by atoms with van der Waals surface area (Å²) in [5.41, 5.74) is 1.15. The molecule has 144 valence electrons. The molecule has 0 N–H and O–H groups in total. The smallest absolute Gasteiger partial charge is 0.227 e. The Morgan fingerprint density at radius 2 is 1.93 bits per heavy atom. The Kier molecular flexibility index (Phi) is 5.29. The largest absolute Gasteiger partial charge is 0.497 e. The number of morpholine rings is 1. The lowest BCUT2D eigenvalue weighted by molar-refractivity contribution is 0.122. The monoisotopic (exact) mass is 370 g/mol. The average molecular weight is 370 g/mol. The first-order chi connectivity index (χ1) is 13.3. The van der Waals surface area contributed by atoms with Crippen molar-refractivity contribution in [1.29, 1.82) is 0 Å². The number of methoxy groups -OCH3 is 2. The Hall–Kier alpha value is -2.54. The number of benzene rings is 1. The first kappa shape index (κ1) is 17.9. The summed E-state index contributed by atoms with van der Waals surface area (Å²) in [4.78, 5) is 14.0. The highest BCUT2D eigenvalue weighted by Crippen LogP contribution is 2.40. The summed E-state index contributed by atoms with van der Waals surface area (Å²) < 4.78 is 16.4. The normalized spacial score (nSPS) is 20.0. The van der Waals surface area contributed by atoms with Crippen LogP contribution in [0.3, 0.4) is 0 Å². The van der Waals surface area contributed by atoms with Gasteiger partial charge in [-0.15, -0.1) is 0 Å². The topological polar surface area (TPSA) is 60.0 Å². The van der Waals surface area contributed by atoms with Gasteiger partial charge in [-0.25, -0.2) is 4.98 Å². The Morgan fingerprint density at radius 1 is 1.07 bits per heavy atom. The summed E-state index contributed by atoms with van der Waals surface area (Å²) in [7, 11) is 3.37. The quantitative estimate of drug-likeness (QED) is 0.802. The molecule has 7 heteroatoms. The highest BCUT2D eigenvalue weighted by Gasteiger charge is 2.31. The van der Waals surface area contributed by atoms with Crippen molar-refractivity contribution < 1.29 is 14.2 Å². The molecule has 0 aliphatic carbocycles. The molecule has 2 saturated heterocycles. The van der Waals surface area contributed by atoms with Gasteiger partial charge in [-0.2, -0.15) is 4.98 Å². The van der Waals surface area contributed by atoms with E-state index in [-0.39, 0.29) is 6.04 Å². The Bertz CT molecular complexity index is 780. The maximum atomic E-state index is 5.63. The molecule has 0 bridgehead atoms. The number of aromatic nitrogens is 2. The van der Waals surface area contributed by atoms with Crippen LogP contribution in [0.25, 0.3) is 0 Å². The second-order valence-electron chi connectivity index (χ2n) is 6.77. The van der Waals surface area contributed by atoms with Gasteiger partial charge in [0, 0.05) is 37.5 Å². The summed E-state index contributed by atoms with van der Waals surface area (Å²) in [6, 6.07) is 8.20. The van der Waals surface area contributed by atoms with Crippen LogP contribution in [0.5, 0.6) is 11.5 Å². The minimum Gasteiger partial charge on any atom is -0.497 e. The van der Waals surface area contributed by atoms with Crippen LogP contribution in [0.1, 0.15) is 24.4 Å². The lowest BCUT2D eigenvalue weighted by Gasteiger charge is -2.30. The van der Waals surface area contributed by atoms with Crippen molar-refractivity contribution in [3.63, 3.8) is 0 Å². The van der Waals surface area contributed by atoms with Gasteiger partial charge in [-0.1, -0.05) is 0 Å². The van der Waals surface area contributed by atoms with Gasteiger partial charge in [0.15, 0.2) is 0 Å². The molecule has 0 radical (unpaired) electrons. The summed E-state index contributed by atoms with van der Waals surface area (Å²) in [5, 5.41) is 0. The standard InChI is InChI=1S/C20H26N4O3/c1-25-15-5-6-16(18(14-15)26-2)17-4-3-9-24(17)20-21-8-7-19(22-20)23-10-12-27-13-11-23/h5-8,14,17H,3-4,9-13H2,1-2H3. The highest BCUT2D eigenvalue weighted by atomic mass is 16.5. The zero-order valence-electron chi connectivity index (χ0n) is 15.9. The van der Waals surface area contributed by atoms with Gasteiger partial charge in [0.1, 0.15) is 17.3 Å². The van der Waals surface area contributed by atoms with Crippen molar-refractivity contribution in [2.45, 2.75) is 18.9 Å². The summed E-state index contributed by atoms with van der Waals surface area (Å²) in [6.07, 6.45) is 4.01. The van der Waals surface area contributed by atoms with E-state index in [2.05, 4.69) is 20.9 Å². The fourth-order valence-electron chi connectivity index (χ4n) is 3.87. The van der Waals surface area contributed by atoms with E-state index in [9.17, 15) is 0 Å². The highest BCUT2D eigenvalue weighted by molar-refractivity contribution is 5.50. The Labute approximate surface area is 159 Å².